The number of esters is 1. The number of aromatic nitrogens is 2. The molecular formula is C22H29N3O4S. The summed E-state index contributed by atoms with van der Waals surface area (Å²) in [5.74, 6) is 0.508. The zero-order chi connectivity index (χ0) is 21.6. The Hall–Kier alpha value is -2.35. The fraction of sp³-hybridized carbons (Fsp3) is 0.545. The third-order valence-electron chi connectivity index (χ3n) is 5.50. The topological polar surface area (TPSA) is 85.5 Å². The standard InChI is InChI=1S/C22H29N3O4S/c1-4-18-23-24-21(29-18)30-14-19(26)25-12-8-11-22(15-25,20(27)28-5-2)13-17-10-7-6-9-16(17)3/h6-7,9-10H,4-5,8,11-15H2,1-3H3/t22-/m0/s1. The van der Waals surface area contributed by atoms with Crippen molar-refractivity contribution in [2.24, 2.45) is 5.41 Å². The molecule has 0 saturated carbocycles. The van der Waals surface area contributed by atoms with Crippen LogP contribution in [0, 0.1) is 12.3 Å². The third kappa shape index (κ3) is 5.22. The van der Waals surface area contributed by atoms with Gasteiger partial charge in [0.1, 0.15) is 0 Å². The first kappa shape index (κ1) is 22.3. The second kappa shape index (κ2) is 10.1. The molecule has 1 aromatic carbocycles. The molecule has 3 rings (SSSR count). The molecular weight excluding hydrogens is 402 g/mol. The smallest absolute Gasteiger partial charge is 0.314 e. The number of rotatable bonds is 8. The van der Waals surface area contributed by atoms with Gasteiger partial charge in [0.25, 0.3) is 5.22 Å². The molecule has 30 heavy (non-hydrogen) atoms. The summed E-state index contributed by atoms with van der Waals surface area (Å²) < 4.78 is 10.9. The molecule has 0 unspecified atom stereocenters. The lowest BCUT2D eigenvalue weighted by Crippen LogP contribution is -2.52. The predicted molar refractivity (Wildman–Crippen MR) is 114 cm³/mol. The van der Waals surface area contributed by atoms with Crippen LogP contribution in [0.3, 0.4) is 0 Å². The zero-order valence-electron chi connectivity index (χ0n) is 17.8. The highest BCUT2D eigenvalue weighted by molar-refractivity contribution is 7.99. The van der Waals surface area contributed by atoms with Crippen molar-refractivity contribution >= 4 is 23.6 Å². The van der Waals surface area contributed by atoms with E-state index in [1.54, 1.807) is 4.90 Å². The second-order valence-electron chi connectivity index (χ2n) is 7.63. The maximum atomic E-state index is 13.0. The third-order valence-corrected chi connectivity index (χ3v) is 6.30. The molecule has 0 bridgehead atoms. The van der Waals surface area contributed by atoms with Crippen LogP contribution in [0.4, 0.5) is 0 Å². The fourth-order valence-corrected chi connectivity index (χ4v) is 4.52. The molecule has 7 nitrogen and oxygen atoms in total. The minimum Gasteiger partial charge on any atom is -0.466 e. The maximum Gasteiger partial charge on any atom is 0.314 e. The number of likely N-dealkylation sites (tertiary alicyclic amines) is 1. The van der Waals surface area contributed by atoms with Crippen molar-refractivity contribution in [1.29, 1.82) is 0 Å². The quantitative estimate of drug-likeness (QED) is 0.467. The molecule has 2 aromatic rings. The van der Waals surface area contributed by atoms with E-state index in [2.05, 4.69) is 10.2 Å². The molecule has 1 aliphatic heterocycles. The predicted octanol–water partition coefficient (Wildman–Crippen LogP) is 3.45. The van der Waals surface area contributed by atoms with Crippen LogP contribution in [-0.2, 0) is 27.2 Å². The summed E-state index contributed by atoms with van der Waals surface area (Å²) >= 11 is 1.24. The van der Waals surface area contributed by atoms with Crippen molar-refractivity contribution in [2.45, 2.75) is 51.7 Å². The largest absolute Gasteiger partial charge is 0.466 e. The van der Waals surface area contributed by atoms with E-state index in [0.29, 0.717) is 50.1 Å². The van der Waals surface area contributed by atoms with Gasteiger partial charge in [0.15, 0.2) is 0 Å². The van der Waals surface area contributed by atoms with Gasteiger partial charge in [-0.3, -0.25) is 9.59 Å². The van der Waals surface area contributed by atoms with Crippen LogP contribution in [0.5, 0.6) is 0 Å². The minimum atomic E-state index is -0.722. The number of nitrogens with zero attached hydrogens (tertiary/aromatic N) is 3. The summed E-state index contributed by atoms with van der Waals surface area (Å²) in [6, 6.07) is 8.07. The van der Waals surface area contributed by atoms with Gasteiger partial charge in [0.05, 0.1) is 17.8 Å². The molecule has 0 spiro atoms. The van der Waals surface area contributed by atoms with Crippen LogP contribution in [0.15, 0.2) is 33.9 Å². The van der Waals surface area contributed by atoms with Gasteiger partial charge in [-0.05, 0) is 44.2 Å². The summed E-state index contributed by atoms with van der Waals surface area (Å²) in [6.07, 6.45) is 2.70. The normalized spacial score (nSPS) is 19.0. The second-order valence-corrected chi connectivity index (χ2v) is 8.55. The van der Waals surface area contributed by atoms with Crippen LogP contribution in [0.25, 0.3) is 0 Å². The fourth-order valence-electron chi connectivity index (χ4n) is 3.84. The van der Waals surface area contributed by atoms with Gasteiger partial charge in [0, 0.05) is 19.5 Å². The molecule has 0 aliphatic carbocycles. The lowest BCUT2D eigenvalue weighted by atomic mass is 9.74. The van der Waals surface area contributed by atoms with Crippen molar-refractivity contribution in [2.75, 3.05) is 25.4 Å². The first-order valence-corrected chi connectivity index (χ1v) is 11.4. The number of benzene rings is 1. The summed E-state index contributed by atoms with van der Waals surface area (Å²) in [5, 5.41) is 8.27. The molecule has 1 aliphatic rings. The van der Waals surface area contributed by atoms with Gasteiger partial charge >= 0.3 is 5.97 Å². The SMILES string of the molecule is CCOC(=O)[C@]1(Cc2ccccc2C)CCCN(C(=O)CSc2nnc(CC)o2)C1. The lowest BCUT2D eigenvalue weighted by Gasteiger charge is -2.41. The van der Waals surface area contributed by atoms with Crippen LogP contribution in [-0.4, -0.2) is 52.4 Å². The number of ether oxygens (including phenoxy) is 1. The Balaban J connectivity index is 1.73. The molecule has 1 saturated heterocycles. The van der Waals surface area contributed by atoms with Gasteiger partial charge in [0.2, 0.25) is 11.8 Å². The number of thioether (sulfide) groups is 1. The van der Waals surface area contributed by atoms with E-state index in [1.807, 2.05) is 45.0 Å². The first-order valence-electron chi connectivity index (χ1n) is 10.4. The van der Waals surface area contributed by atoms with Gasteiger partial charge < -0.3 is 14.1 Å². The zero-order valence-corrected chi connectivity index (χ0v) is 18.7. The van der Waals surface area contributed by atoms with Gasteiger partial charge in [-0.15, -0.1) is 10.2 Å². The van der Waals surface area contributed by atoms with E-state index in [-0.39, 0.29) is 17.6 Å². The van der Waals surface area contributed by atoms with Crippen molar-refractivity contribution in [1.82, 2.24) is 15.1 Å². The molecule has 162 valence electrons. The van der Waals surface area contributed by atoms with Crippen molar-refractivity contribution in [3.05, 3.63) is 41.3 Å². The summed E-state index contributed by atoms with van der Waals surface area (Å²) in [4.78, 5) is 27.7. The van der Waals surface area contributed by atoms with E-state index in [0.717, 1.165) is 17.5 Å². The van der Waals surface area contributed by atoms with Crippen molar-refractivity contribution in [3.8, 4) is 0 Å². The molecule has 8 heteroatoms. The van der Waals surface area contributed by atoms with Crippen molar-refractivity contribution < 1.29 is 18.7 Å². The van der Waals surface area contributed by atoms with E-state index < -0.39 is 5.41 Å². The number of carbonyl (C=O) groups excluding carboxylic acids is 2. The highest BCUT2D eigenvalue weighted by atomic mass is 32.2. The van der Waals surface area contributed by atoms with Crippen LogP contribution in [0.1, 0.15) is 43.7 Å². The Bertz CT molecular complexity index is 885. The molecule has 0 N–H and O–H groups in total. The van der Waals surface area contributed by atoms with Gasteiger partial charge in [-0.25, -0.2) is 0 Å². The number of aryl methyl sites for hydroxylation is 2. The lowest BCUT2D eigenvalue weighted by molar-refractivity contribution is -0.160. The Morgan fingerprint density at radius 3 is 2.77 bits per heavy atom. The average molecular weight is 432 g/mol. The Morgan fingerprint density at radius 1 is 1.27 bits per heavy atom. The number of hydrogen-bond acceptors (Lipinski definition) is 7. The van der Waals surface area contributed by atoms with E-state index in [4.69, 9.17) is 9.15 Å². The number of hydrogen-bond donors (Lipinski definition) is 0. The minimum absolute atomic E-state index is 0.0330. The molecule has 2 heterocycles. The maximum absolute atomic E-state index is 13.0. The molecule has 1 atom stereocenters. The highest BCUT2D eigenvalue weighted by Crippen LogP contribution is 2.36. The molecule has 0 radical (unpaired) electrons. The number of piperidine rings is 1. The van der Waals surface area contributed by atoms with Crippen LogP contribution < -0.4 is 0 Å². The monoisotopic (exact) mass is 431 g/mol. The summed E-state index contributed by atoms with van der Waals surface area (Å²) in [5.41, 5.74) is 1.54. The summed E-state index contributed by atoms with van der Waals surface area (Å²) in [6.45, 7) is 7.13. The Labute approximate surface area is 181 Å². The van der Waals surface area contributed by atoms with E-state index >= 15 is 0 Å². The molecule has 1 amide bonds. The molecule has 1 aromatic heterocycles. The number of carbonyl (C=O) groups is 2. The number of amides is 1. The van der Waals surface area contributed by atoms with E-state index in [9.17, 15) is 9.59 Å². The summed E-state index contributed by atoms with van der Waals surface area (Å²) in [7, 11) is 0. The Kier molecular flexibility index (Phi) is 7.53. The molecule has 1 fully saturated rings. The van der Waals surface area contributed by atoms with E-state index in [1.165, 1.54) is 11.8 Å². The van der Waals surface area contributed by atoms with Crippen LogP contribution >= 0.6 is 11.8 Å². The van der Waals surface area contributed by atoms with Crippen LogP contribution in [0.2, 0.25) is 0 Å². The Morgan fingerprint density at radius 2 is 2.07 bits per heavy atom. The van der Waals surface area contributed by atoms with Gasteiger partial charge in [-0.2, -0.15) is 0 Å². The van der Waals surface area contributed by atoms with Gasteiger partial charge in [-0.1, -0.05) is 43.0 Å². The first-order chi connectivity index (χ1) is 14.5. The van der Waals surface area contributed by atoms with Crippen molar-refractivity contribution in [3.63, 3.8) is 0 Å². The highest BCUT2D eigenvalue weighted by Gasteiger charge is 2.45. The average Bonchev–Trinajstić information content (AvgIpc) is 3.22.